The van der Waals surface area contributed by atoms with Gasteiger partial charge in [-0.25, -0.2) is 0 Å². The van der Waals surface area contributed by atoms with Crippen molar-refractivity contribution in [1.82, 2.24) is 10.6 Å². The summed E-state index contributed by atoms with van der Waals surface area (Å²) in [5, 5.41) is 5.47. The van der Waals surface area contributed by atoms with Gasteiger partial charge in [-0.3, -0.25) is 4.99 Å². The van der Waals surface area contributed by atoms with E-state index in [1.54, 1.807) is 0 Å². The van der Waals surface area contributed by atoms with Gasteiger partial charge in [0.15, 0.2) is 5.96 Å². The van der Waals surface area contributed by atoms with Crippen LogP contribution in [0.5, 0.6) is 0 Å². The lowest BCUT2D eigenvalue weighted by Crippen LogP contribution is -2.37. The van der Waals surface area contributed by atoms with E-state index in [9.17, 15) is 13.2 Å². The Morgan fingerprint density at radius 1 is 1.40 bits per heavy atom. The fraction of sp³-hybridized carbons (Fsp3) is 0.667. The first kappa shape index (κ1) is 13.6. The molecule has 0 rings (SSSR count). The van der Waals surface area contributed by atoms with Gasteiger partial charge in [0, 0.05) is 6.54 Å². The maximum absolute atomic E-state index is 11.8. The highest BCUT2D eigenvalue weighted by Gasteiger charge is 2.26. The number of halogens is 3. The monoisotopic (exact) mass is 221 g/mol. The average Bonchev–Trinajstić information content (AvgIpc) is 2.12. The highest BCUT2D eigenvalue weighted by Crippen LogP contribution is 2.18. The molecule has 0 saturated heterocycles. The Hall–Kier alpha value is -1.38. The van der Waals surface area contributed by atoms with Crippen LogP contribution in [0.1, 0.15) is 13.3 Å². The molecule has 0 aliphatic rings. The first-order valence-corrected chi connectivity index (χ1v) is 4.52. The van der Waals surface area contributed by atoms with E-state index in [2.05, 4.69) is 21.5 Å². The molecule has 0 amide bonds. The van der Waals surface area contributed by atoms with E-state index in [0.29, 0.717) is 12.5 Å². The summed E-state index contributed by atoms with van der Waals surface area (Å²) in [6, 6.07) is 0. The summed E-state index contributed by atoms with van der Waals surface area (Å²) in [5.74, 6) is 2.61. The summed E-state index contributed by atoms with van der Waals surface area (Å²) in [4.78, 5) is 3.72. The third-order valence-electron chi connectivity index (χ3n) is 1.37. The van der Waals surface area contributed by atoms with Crippen LogP contribution in [0, 0.1) is 12.3 Å². The number of hydrogen-bond acceptors (Lipinski definition) is 1. The van der Waals surface area contributed by atoms with Gasteiger partial charge in [0.05, 0.1) is 19.5 Å². The van der Waals surface area contributed by atoms with Gasteiger partial charge in [0.25, 0.3) is 0 Å². The lowest BCUT2D eigenvalue weighted by Gasteiger charge is -2.09. The van der Waals surface area contributed by atoms with Crippen LogP contribution in [-0.4, -0.2) is 31.8 Å². The number of nitrogens with zero attached hydrogens (tertiary/aromatic N) is 1. The van der Waals surface area contributed by atoms with Gasteiger partial charge in [0.2, 0.25) is 0 Å². The van der Waals surface area contributed by atoms with E-state index >= 15 is 0 Å². The zero-order chi connectivity index (χ0) is 11.7. The summed E-state index contributed by atoms with van der Waals surface area (Å²) in [6.45, 7) is 2.32. The summed E-state index contributed by atoms with van der Waals surface area (Å²) in [5.41, 5.74) is 0. The Morgan fingerprint density at radius 3 is 2.53 bits per heavy atom. The van der Waals surface area contributed by atoms with Crippen LogP contribution >= 0.6 is 0 Å². The van der Waals surface area contributed by atoms with Crippen molar-refractivity contribution >= 4 is 5.96 Å². The Bertz CT molecular complexity index is 240. The average molecular weight is 221 g/mol. The molecule has 2 N–H and O–H groups in total. The highest BCUT2D eigenvalue weighted by atomic mass is 19.4. The molecule has 3 nitrogen and oxygen atoms in total. The molecule has 15 heavy (non-hydrogen) atoms. The number of terminal acetylenes is 1. The molecule has 0 spiro atoms. The zero-order valence-corrected chi connectivity index (χ0v) is 8.49. The summed E-state index contributed by atoms with van der Waals surface area (Å²) < 4.78 is 35.4. The third kappa shape index (κ3) is 8.94. The van der Waals surface area contributed by atoms with Gasteiger partial charge in [-0.05, 0) is 6.92 Å². The van der Waals surface area contributed by atoms with Crippen LogP contribution in [0.4, 0.5) is 13.2 Å². The molecule has 86 valence electrons. The zero-order valence-electron chi connectivity index (χ0n) is 8.49. The Morgan fingerprint density at radius 2 is 2.07 bits per heavy atom. The molecule has 0 aromatic heterocycles. The number of hydrogen-bond donors (Lipinski definition) is 2. The Balaban J connectivity index is 4.00. The van der Waals surface area contributed by atoms with Crippen molar-refractivity contribution in [2.45, 2.75) is 19.5 Å². The number of nitrogens with one attached hydrogen (secondary N) is 2. The molecule has 0 saturated carbocycles. The minimum Gasteiger partial charge on any atom is -0.357 e. The maximum atomic E-state index is 11.8. The van der Waals surface area contributed by atoms with E-state index in [0.717, 1.165) is 0 Å². The van der Waals surface area contributed by atoms with Crippen LogP contribution < -0.4 is 10.6 Å². The van der Waals surface area contributed by atoms with Gasteiger partial charge >= 0.3 is 6.18 Å². The molecular formula is C9H14F3N3. The van der Waals surface area contributed by atoms with E-state index in [-0.39, 0.29) is 13.1 Å². The van der Waals surface area contributed by atoms with Gasteiger partial charge in [-0.2, -0.15) is 13.2 Å². The van der Waals surface area contributed by atoms with Crippen molar-refractivity contribution < 1.29 is 13.2 Å². The molecule has 0 heterocycles. The summed E-state index contributed by atoms with van der Waals surface area (Å²) in [6.07, 6.45) is -0.109. The van der Waals surface area contributed by atoms with Crippen LogP contribution in [0.2, 0.25) is 0 Å². The fourth-order valence-corrected chi connectivity index (χ4v) is 0.771. The van der Waals surface area contributed by atoms with Gasteiger partial charge in [0.1, 0.15) is 0 Å². The second-order valence-corrected chi connectivity index (χ2v) is 2.68. The standard InChI is InChI=1S/C9H14F3N3/c1-3-6-14-8(13-4-2)15-7-5-9(10,11)12/h1H,4-7H2,2H3,(H2,13,14,15). The van der Waals surface area contributed by atoms with Crippen LogP contribution in [-0.2, 0) is 0 Å². The van der Waals surface area contributed by atoms with E-state index in [4.69, 9.17) is 6.42 Å². The van der Waals surface area contributed by atoms with Crippen LogP contribution in [0.25, 0.3) is 0 Å². The predicted octanol–water partition coefficient (Wildman–Crippen LogP) is 1.13. The lowest BCUT2D eigenvalue weighted by molar-refractivity contribution is -0.132. The maximum Gasteiger partial charge on any atom is 0.390 e. The Labute approximate surface area is 87.1 Å². The topological polar surface area (TPSA) is 36.4 Å². The molecule has 0 aliphatic heterocycles. The minimum atomic E-state index is -4.17. The second kappa shape index (κ2) is 6.98. The van der Waals surface area contributed by atoms with Gasteiger partial charge in [-0.15, -0.1) is 6.42 Å². The Kier molecular flexibility index (Phi) is 6.34. The summed E-state index contributed by atoms with van der Waals surface area (Å²) in [7, 11) is 0. The van der Waals surface area contributed by atoms with E-state index < -0.39 is 12.6 Å². The third-order valence-corrected chi connectivity index (χ3v) is 1.37. The van der Waals surface area contributed by atoms with E-state index in [1.165, 1.54) is 0 Å². The molecule has 6 heteroatoms. The molecular weight excluding hydrogens is 207 g/mol. The van der Waals surface area contributed by atoms with Crippen molar-refractivity contribution in [2.24, 2.45) is 4.99 Å². The predicted molar refractivity (Wildman–Crippen MR) is 53.5 cm³/mol. The van der Waals surface area contributed by atoms with Crippen molar-refractivity contribution in [3.8, 4) is 12.3 Å². The largest absolute Gasteiger partial charge is 0.390 e. The second-order valence-electron chi connectivity index (χ2n) is 2.68. The van der Waals surface area contributed by atoms with Gasteiger partial charge in [-0.1, -0.05) is 5.92 Å². The van der Waals surface area contributed by atoms with Crippen LogP contribution in [0.3, 0.4) is 0 Å². The first-order chi connectivity index (χ1) is 6.99. The number of guanidine groups is 1. The summed E-state index contributed by atoms with van der Waals surface area (Å²) >= 11 is 0. The van der Waals surface area contributed by atoms with Crippen molar-refractivity contribution in [1.29, 1.82) is 0 Å². The first-order valence-electron chi connectivity index (χ1n) is 4.52. The van der Waals surface area contributed by atoms with Crippen molar-refractivity contribution in [2.75, 3.05) is 19.6 Å². The smallest absolute Gasteiger partial charge is 0.357 e. The normalized spacial score (nSPS) is 12.1. The number of alkyl halides is 3. The van der Waals surface area contributed by atoms with Crippen LogP contribution in [0.15, 0.2) is 4.99 Å². The molecule has 0 fully saturated rings. The number of rotatable bonds is 4. The molecule has 0 radical (unpaired) electrons. The SMILES string of the molecule is C#CCNC(=NCCC(F)(F)F)NCC. The molecule has 0 aromatic carbocycles. The quantitative estimate of drug-likeness (QED) is 0.424. The molecule has 0 aromatic rings. The van der Waals surface area contributed by atoms with Crippen molar-refractivity contribution in [3.05, 3.63) is 0 Å². The number of aliphatic imine (C=N–C) groups is 1. The molecule has 0 aliphatic carbocycles. The van der Waals surface area contributed by atoms with Gasteiger partial charge < -0.3 is 10.6 Å². The highest BCUT2D eigenvalue weighted by molar-refractivity contribution is 5.79. The molecule has 0 bridgehead atoms. The lowest BCUT2D eigenvalue weighted by atomic mass is 10.4. The fourth-order valence-electron chi connectivity index (χ4n) is 0.771. The molecule has 0 atom stereocenters. The van der Waals surface area contributed by atoms with E-state index in [1.807, 2.05) is 6.92 Å². The minimum absolute atomic E-state index is 0.234. The molecule has 0 unspecified atom stereocenters. The van der Waals surface area contributed by atoms with Crippen molar-refractivity contribution in [3.63, 3.8) is 0 Å².